The fourth-order valence-corrected chi connectivity index (χ4v) is 2.43. The Kier molecular flexibility index (Phi) is 4.49. The van der Waals surface area contributed by atoms with E-state index in [2.05, 4.69) is 11.4 Å². The van der Waals surface area contributed by atoms with Gasteiger partial charge in [0.2, 0.25) is 0 Å². The van der Waals surface area contributed by atoms with Crippen LogP contribution in [0.1, 0.15) is 32.3 Å². The number of ether oxygens (including phenoxy) is 2. The SMILES string of the molecule is CCOC(C)(C(=O)Nc1ccc(OC)c(C#N)c1)C1CC1. The van der Waals surface area contributed by atoms with Gasteiger partial charge < -0.3 is 14.8 Å². The minimum absolute atomic E-state index is 0.166. The zero-order valence-electron chi connectivity index (χ0n) is 12.6. The third kappa shape index (κ3) is 3.17. The van der Waals surface area contributed by atoms with Gasteiger partial charge in [0.1, 0.15) is 17.4 Å². The summed E-state index contributed by atoms with van der Waals surface area (Å²) in [6.45, 7) is 4.21. The summed E-state index contributed by atoms with van der Waals surface area (Å²) in [6.07, 6.45) is 2.02. The summed E-state index contributed by atoms with van der Waals surface area (Å²) >= 11 is 0. The molecule has 1 aromatic carbocycles. The van der Waals surface area contributed by atoms with Crippen molar-refractivity contribution in [2.75, 3.05) is 19.0 Å². The Morgan fingerprint density at radius 3 is 2.76 bits per heavy atom. The molecule has 1 unspecified atom stereocenters. The van der Waals surface area contributed by atoms with Crippen molar-refractivity contribution in [3.8, 4) is 11.8 Å². The molecule has 0 bridgehead atoms. The average molecular weight is 288 g/mol. The molecule has 1 aromatic rings. The van der Waals surface area contributed by atoms with Crippen LogP contribution in [-0.4, -0.2) is 25.2 Å². The molecule has 1 atom stereocenters. The lowest BCUT2D eigenvalue weighted by Gasteiger charge is -2.28. The summed E-state index contributed by atoms with van der Waals surface area (Å²) in [5.41, 5.74) is 0.158. The summed E-state index contributed by atoms with van der Waals surface area (Å²) in [7, 11) is 1.51. The molecule has 5 heteroatoms. The van der Waals surface area contributed by atoms with Crippen LogP contribution < -0.4 is 10.1 Å². The van der Waals surface area contributed by atoms with Gasteiger partial charge >= 0.3 is 0 Å². The van der Waals surface area contributed by atoms with Crippen LogP contribution in [0.2, 0.25) is 0 Å². The smallest absolute Gasteiger partial charge is 0.256 e. The molecule has 0 saturated heterocycles. The predicted molar refractivity (Wildman–Crippen MR) is 79.1 cm³/mol. The fraction of sp³-hybridized carbons (Fsp3) is 0.500. The first kappa shape index (κ1) is 15.3. The van der Waals surface area contributed by atoms with Crippen LogP contribution in [0.5, 0.6) is 5.75 Å². The summed E-state index contributed by atoms with van der Waals surface area (Å²) < 4.78 is 10.8. The van der Waals surface area contributed by atoms with Crippen LogP contribution >= 0.6 is 0 Å². The molecule has 0 radical (unpaired) electrons. The molecule has 112 valence electrons. The summed E-state index contributed by atoms with van der Waals surface area (Å²) in [6, 6.07) is 7.05. The first-order chi connectivity index (χ1) is 10.0. The second kappa shape index (κ2) is 6.15. The first-order valence-corrected chi connectivity index (χ1v) is 7.08. The largest absolute Gasteiger partial charge is 0.495 e. The molecule has 1 saturated carbocycles. The van der Waals surface area contributed by atoms with Gasteiger partial charge in [-0.25, -0.2) is 0 Å². The maximum atomic E-state index is 12.5. The van der Waals surface area contributed by atoms with Crippen LogP contribution in [0.15, 0.2) is 18.2 Å². The van der Waals surface area contributed by atoms with E-state index in [9.17, 15) is 4.79 Å². The third-order valence-corrected chi connectivity index (χ3v) is 3.83. The Morgan fingerprint density at radius 2 is 2.24 bits per heavy atom. The standard InChI is InChI=1S/C16H20N2O3/c1-4-21-16(2,12-5-6-12)15(19)18-13-7-8-14(20-3)11(9-13)10-17/h7-9,12H,4-6H2,1-3H3,(H,18,19). The van der Waals surface area contributed by atoms with Gasteiger partial charge in [0.15, 0.2) is 0 Å². The molecule has 1 N–H and O–H groups in total. The fourth-order valence-electron chi connectivity index (χ4n) is 2.43. The Bertz CT molecular complexity index is 575. The van der Waals surface area contributed by atoms with Gasteiger partial charge in [-0.1, -0.05) is 0 Å². The molecule has 21 heavy (non-hydrogen) atoms. The van der Waals surface area contributed by atoms with Crippen molar-refractivity contribution in [1.82, 2.24) is 0 Å². The van der Waals surface area contributed by atoms with Gasteiger partial charge in [-0.2, -0.15) is 5.26 Å². The van der Waals surface area contributed by atoms with E-state index in [1.807, 2.05) is 13.8 Å². The lowest BCUT2D eigenvalue weighted by atomic mass is 9.98. The van der Waals surface area contributed by atoms with Gasteiger partial charge in [0.05, 0.1) is 12.7 Å². The van der Waals surface area contributed by atoms with Crippen molar-refractivity contribution in [1.29, 1.82) is 5.26 Å². The van der Waals surface area contributed by atoms with Gasteiger partial charge in [0.25, 0.3) is 5.91 Å². The van der Waals surface area contributed by atoms with Crippen LogP contribution in [-0.2, 0) is 9.53 Å². The van der Waals surface area contributed by atoms with Crippen molar-refractivity contribution >= 4 is 11.6 Å². The number of methoxy groups -OCH3 is 1. The molecule has 0 heterocycles. The van der Waals surface area contributed by atoms with E-state index in [0.29, 0.717) is 23.6 Å². The van der Waals surface area contributed by atoms with Crippen LogP contribution in [0.3, 0.4) is 0 Å². The molecule has 0 spiro atoms. The normalized spacial score (nSPS) is 16.7. The number of nitriles is 1. The molecule has 1 fully saturated rings. The molecule has 1 aliphatic rings. The summed E-state index contributed by atoms with van der Waals surface area (Å²) in [4.78, 5) is 12.5. The van der Waals surface area contributed by atoms with Crippen molar-refractivity contribution in [2.45, 2.75) is 32.3 Å². The molecular formula is C16H20N2O3. The van der Waals surface area contributed by atoms with Crippen molar-refractivity contribution in [3.63, 3.8) is 0 Å². The molecular weight excluding hydrogens is 268 g/mol. The van der Waals surface area contributed by atoms with Gasteiger partial charge in [-0.15, -0.1) is 0 Å². The number of carbonyl (C=O) groups excluding carboxylic acids is 1. The predicted octanol–water partition coefficient (Wildman–Crippen LogP) is 2.71. The number of hydrogen-bond acceptors (Lipinski definition) is 4. The number of amides is 1. The number of nitrogens with zero attached hydrogens (tertiary/aromatic N) is 1. The molecule has 1 aliphatic carbocycles. The van der Waals surface area contributed by atoms with Crippen LogP contribution in [0.25, 0.3) is 0 Å². The number of benzene rings is 1. The quantitative estimate of drug-likeness (QED) is 0.873. The second-order valence-electron chi connectivity index (χ2n) is 5.30. The number of rotatable bonds is 6. The lowest BCUT2D eigenvalue weighted by molar-refractivity contribution is -0.141. The van der Waals surface area contributed by atoms with Crippen molar-refractivity contribution in [2.24, 2.45) is 5.92 Å². The zero-order chi connectivity index (χ0) is 15.5. The number of anilines is 1. The second-order valence-corrected chi connectivity index (χ2v) is 5.30. The average Bonchev–Trinajstić information content (AvgIpc) is 3.32. The molecule has 0 aliphatic heterocycles. The van der Waals surface area contributed by atoms with E-state index in [0.717, 1.165) is 12.8 Å². The summed E-state index contributed by atoms with van der Waals surface area (Å²) in [5, 5.41) is 11.9. The maximum Gasteiger partial charge on any atom is 0.256 e. The minimum atomic E-state index is -0.804. The topological polar surface area (TPSA) is 71.3 Å². The Hall–Kier alpha value is -2.06. The Balaban J connectivity index is 2.17. The van der Waals surface area contributed by atoms with Crippen molar-refractivity contribution < 1.29 is 14.3 Å². The van der Waals surface area contributed by atoms with Gasteiger partial charge in [-0.3, -0.25) is 4.79 Å². The van der Waals surface area contributed by atoms with Crippen molar-refractivity contribution in [3.05, 3.63) is 23.8 Å². The molecule has 2 rings (SSSR count). The van der Waals surface area contributed by atoms with Crippen LogP contribution in [0.4, 0.5) is 5.69 Å². The molecule has 0 aromatic heterocycles. The number of nitrogens with one attached hydrogen (secondary N) is 1. The molecule has 1 amide bonds. The van der Waals surface area contributed by atoms with E-state index in [1.54, 1.807) is 18.2 Å². The van der Waals surface area contributed by atoms with Gasteiger partial charge in [0, 0.05) is 12.3 Å². The number of hydrogen-bond donors (Lipinski definition) is 1. The Labute approximate surface area is 124 Å². The monoisotopic (exact) mass is 288 g/mol. The maximum absolute atomic E-state index is 12.5. The highest BCUT2D eigenvalue weighted by atomic mass is 16.5. The van der Waals surface area contributed by atoms with E-state index in [4.69, 9.17) is 14.7 Å². The van der Waals surface area contributed by atoms with Gasteiger partial charge in [-0.05, 0) is 50.8 Å². The van der Waals surface area contributed by atoms with E-state index in [1.165, 1.54) is 7.11 Å². The minimum Gasteiger partial charge on any atom is -0.495 e. The van der Waals surface area contributed by atoms with Crippen LogP contribution in [0, 0.1) is 17.2 Å². The lowest BCUT2D eigenvalue weighted by Crippen LogP contribution is -2.44. The van der Waals surface area contributed by atoms with E-state index in [-0.39, 0.29) is 11.8 Å². The molecule has 5 nitrogen and oxygen atoms in total. The highest BCUT2D eigenvalue weighted by molar-refractivity contribution is 5.97. The first-order valence-electron chi connectivity index (χ1n) is 7.08. The third-order valence-electron chi connectivity index (χ3n) is 3.83. The van der Waals surface area contributed by atoms with E-state index >= 15 is 0 Å². The summed E-state index contributed by atoms with van der Waals surface area (Å²) in [5.74, 6) is 0.595. The van der Waals surface area contributed by atoms with E-state index < -0.39 is 5.60 Å². The Morgan fingerprint density at radius 1 is 1.52 bits per heavy atom. The number of carbonyl (C=O) groups is 1. The highest BCUT2D eigenvalue weighted by Crippen LogP contribution is 2.42. The zero-order valence-corrected chi connectivity index (χ0v) is 12.6. The highest BCUT2D eigenvalue weighted by Gasteiger charge is 2.48.